The predicted molar refractivity (Wildman–Crippen MR) is 128 cm³/mol. The van der Waals surface area contributed by atoms with Crippen LogP contribution in [-0.4, -0.2) is 39.7 Å². The van der Waals surface area contributed by atoms with Gasteiger partial charge >= 0.3 is 6.18 Å². The SMILES string of the molecule is Cc1c(-c2ccc(Cl)cc2)c(C(=O)N(C)C(C)(C)CCO)n(Cc2ccccc2)c1C(F)(F)F. The van der Waals surface area contributed by atoms with Gasteiger partial charge in [-0.3, -0.25) is 4.79 Å². The van der Waals surface area contributed by atoms with Gasteiger partial charge in [0.1, 0.15) is 11.4 Å². The molecule has 0 spiro atoms. The summed E-state index contributed by atoms with van der Waals surface area (Å²) < 4.78 is 44.3. The monoisotopic (exact) mass is 492 g/mol. The maximum Gasteiger partial charge on any atom is 0.431 e. The molecule has 0 saturated heterocycles. The van der Waals surface area contributed by atoms with E-state index in [9.17, 15) is 23.1 Å². The summed E-state index contributed by atoms with van der Waals surface area (Å²) in [5.74, 6) is -0.557. The van der Waals surface area contributed by atoms with Crippen molar-refractivity contribution in [2.45, 2.75) is 45.5 Å². The number of amides is 1. The quantitative estimate of drug-likeness (QED) is 0.414. The Morgan fingerprint density at radius 2 is 1.65 bits per heavy atom. The van der Waals surface area contributed by atoms with Crippen molar-refractivity contribution >= 4 is 17.5 Å². The zero-order chi connectivity index (χ0) is 25.3. The van der Waals surface area contributed by atoms with Gasteiger partial charge in [0.05, 0.1) is 0 Å². The van der Waals surface area contributed by atoms with E-state index in [4.69, 9.17) is 11.6 Å². The molecule has 0 aliphatic rings. The molecule has 8 heteroatoms. The number of benzene rings is 2. The van der Waals surface area contributed by atoms with E-state index in [0.29, 0.717) is 16.1 Å². The first-order valence-corrected chi connectivity index (χ1v) is 11.3. The van der Waals surface area contributed by atoms with Crippen molar-refractivity contribution in [3.63, 3.8) is 0 Å². The number of hydrogen-bond acceptors (Lipinski definition) is 2. The lowest BCUT2D eigenvalue weighted by molar-refractivity contribution is -0.143. The number of aromatic nitrogens is 1. The summed E-state index contributed by atoms with van der Waals surface area (Å²) in [4.78, 5) is 15.3. The van der Waals surface area contributed by atoms with Crippen LogP contribution in [0.4, 0.5) is 13.2 Å². The Morgan fingerprint density at radius 1 is 1.06 bits per heavy atom. The smallest absolute Gasteiger partial charge is 0.396 e. The van der Waals surface area contributed by atoms with Crippen molar-refractivity contribution in [2.24, 2.45) is 0 Å². The Morgan fingerprint density at radius 3 is 2.18 bits per heavy atom. The Hall–Kier alpha value is -2.77. The molecule has 4 nitrogen and oxygen atoms in total. The normalized spacial score (nSPS) is 12.1. The van der Waals surface area contributed by atoms with Crippen LogP contribution >= 0.6 is 11.6 Å². The standard InChI is InChI=1S/C26H28ClF3N2O2/c1-17-21(19-10-12-20(27)13-11-19)22(24(34)31(4)25(2,3)14-15-33)32(23(17)26(28,29)30)16-18-8-6-5-7-9-18/h5-13,33H,14-16H2,1-4H3. The van der Waals surface area contributed by atoms with Gasteiger partial charge in [-0.05, 0) is 56.0 Å². The highest BCUT2D eigenvalue weighted by Crippen LogP contribution is 2.42. The second-order valence-electron chi connectivity index (χ2n) is 8.92. The summed E-state index contributed by atoms with van der Waals surface area (Å²) >= 11 is 6.02. The first kappa shape index (κ1) is 25.8. The molecule has 3 aromatic rings. The summed E-state index contributed by atoms with van der Waals surface area (Å²) in [5.41, 5.74) is -0.397. The molecule has 0 unspecified atom stereocenters. The van der Waals surface area contributed by atoms with Crippen LogP contribution in [0, 0.1) is 6.92 Å². The molecule has 2 aromatic carbocycles. The number of hydrogen-bond donors (Lipinski definition) is 1. The molecule has 182 valence electrons. The van der Waals surface area contributed by atoms with Crippen LogP contribution in [0.25, 0.3) is 11.1 Å². The lowest BCUT2D eigenvalue weighted by atomic mass is 9.96. The second kappa shape index (κ2) is 9.84. The van der Waals surface area contributed by atoms with Crippen LogP contribution in [-0.2, 0) is 12.7 Å². The molecule has 3 rings (SSSR count). The van der Waals surface area contributed by atoms with E-state index in [0.717, 1.165) is 4.57 Å². The first-order chi connectivity index (χ1) is 15.9. The van der Waals surface area contributed by atoms with Crippen molar-refractivity contribution in [3.05, 3.63) is 82.1 Å². The van der Waals surface area contributed by atoms with E-state index in [-0.39, 0.29) is 36.4 Å². The van der Waals surface area contributed by atoms with Crippen molar-refractivity contribution in [2.75, 3.05) is 13.7 Å². The molecular weight excluding hydrogens is 465 g/mol. The van der Waals surface area contributed by atoms with Gasteiger partial charge in [0.25, 0.3) is 5.91 Å². The maximum absolute atomic E-state index is 14.4. The molecule has 0 atom stereocenters. The fraction of sp³-hybridized carbons (Fsp3) is 0.346. The van der Waals surface area contributed by atoms with Crippen molar-refractivity contribution < 1.29 is 23.1 Å². The molecule has 0 radical (unpaired) electrons. The summed E-state index contributed by atoms with van der Waals surface area (Å²) in [6, 6.07) is 15.1. The molecule has 0 aliphatic heterocycles. The van der Waals surface area contributed by atoms with Crippen molar-refractivity contribution in [1.82, 2.24) is 9.47 Å². The minimum atomic E-state index is -4.68. The van der Waals surface area contributed by atoms with Crippen molar-refractivity contribution in [1.29, 1.82) is 0 Å². The molecule has 0 fully saturated rings. The Kier molecular flexibility index (Phi) is 7.48. The zero-order valence-corrected chi connectivity index (χ0v) is 20.3. The van der Waals surface area contributed by atoms with Gasteiger partial charge in [-0.2, -0.15) is 13.2 Å². The number of carbonyl (C=O) groups excluding carboxylic acids is 1. The molecule has 1 N–H and O–H groups in total. The third-order valence-corrected chi connectivity index (χ3v) is 6.48. The van der Waals surface area contributed by atoms with Gasteiger partial charge in [-0.1, -0.05) is 54.1 Å². The average molecular weight is 493 g/mol. The van der Waals surface area contributed by atoms with E-state index < -0.39 is 23.3 Å². The molecule has 0 aliphatic carbocycles. The fourth-order valence-electron chi connectivity index (χ4n) is 4.10. The molecule has 1 amide bonds. The van der Waals surface area contributed by atoms with Crippen LogP contribution in [0.2, 0.25) is 5.02 Å². The number of alkyl halides is 3. The Bertz CT molecular complexity index is 1150. The molecule has 34 heavy (non-hydrogen) atoms. The van der Waals surface area contributed by atoms with Crippen LogP contribution in [0.1, 0.15) is 47.6 Å². The largest absolute Gasteiger partial charge is 0.431 e. The topological polar surface area (TPSA) is 45.5 Å². The van der Waals surface area contributed by atoms with E-state index in [1.54, 1.807) is 75.5 Å². The van der Waals surface area contributed by atoms with Gasteiger partial charge in [0.2, 0.25) is 0 Å². The number of aliphatic hydroxyl groups excluding tert-OH is 1. The molecular formula is C26H28ClF3N2O2. The van der Waals surface area contributed by atoms with Crippen LogP contribution in [0.3, 0.4) is 0 Å². The highest BCUT2D eigenvalue weighted by atomic mass is 35.5. The Balaban J connectivity index is 2.34. The number of carbonyl (C=O) groups is 1. The van der Waals surface area contributed by atoms with E-state index in [2.05, 4.69) is 0 Å². The van der Waals surface area contributed by atoms with Gasteiger partial charge < -0.3 is 14.6 Å². The third kappa shape index (κ3) is 5.15. The molecule has 0 bridgehead atoms. The van der Waals surface area contributed by atoms with E-state index in [1.165, 1.54) is 11.8 Å². The fourth-order valence-corrected chi connectivity index (χ4v) is 4.23. The summed E-state index contributed by atoms with van der Waals surface area (Å²) in [6.07, 6.45) is -4.41. The molecule has 1 aromatic heterocycles. The van der Waals surface area contributed by atoms with Crippen LogP contribution < -0.4 is 0 Å². The molecule has 1 heterocycles. The maximum atomic E-state index is 14.4. The Labute approximate surface area is 202 Å². The second-order valence-corrected chi connectivity index (χ2v) is 9.36. The third-order valence-electron chi connectivity index (χ3n) is 6.23. The van der Waals surface area contributed by atoms with Gasteiger partial charge in [-0.15, -0.1) is 0 Å². The van der Waals surface area contributed by atoms with Crippen LogP contribution in [0.15, 0.2) is 54.6 Å². The summed E-state index contributed by atoms with van der Waals surface area (Å²) in [5, 5.41) is 9.90. The average Bonchev–Trinajstić information content (AvgIpc) is 3.05. The van der Waals surface area contributed by atoms with Gasteiger partial charge in [0, 0.05) is 36.3 Å². The summed E-state index contributed by atoms with van der Waals surface area (Å²) in [6.45, 7) is 4.64. The highest BCUT2D eigenvalue weighted by molar-refractivity contribution is 6.30. The lowest BCUT2D eigenvalue weighted by Crippen LogP contribution is -2.46. The van der Waals surface area contributed by atoms with E-state index >= 15 is 0 Å². The number of rotatable bonds is 7. The number of nitrogens with zero attached hydrogens (tertiary/aromatic N) is 2. The van der Waals surface area contributed by atoms with E-state index in [1.807, 2.05) is 0 Å². The van der Waals surface area contributed by atoms with Crippen LogP contribution in [0.5, 0.6) is 0 Å². The zero-order valence-electron chi connectivity index (χ0n) is 19.6. The number of halogens is 4. The molecule has 0 saturated carbocycles. The van der Waals surface area contributed by atoms with Gasteiger partial charge in [0.15, 0.2) is 0 Å². The van der Waals surface area contributed by atoms with Gasteiger partial charge in [-0.25, -0.2) is 0 Å². The van der Waals surface area contributed by atoms with Crippen molar-refractivity contribution in [3.8, 4) is 11.1 Å². The minimum absolute atomic E-state index is 0.0255. The predicted octanol–water partition coefficient (Wildman–Crippen LogP) is 6.42. The number of aliphatic hydroxyl groups is 1. The first-order valence-electron chi connectivity index (χ1n) is 10.9. The highest BCUT2D eigenvalue weighted by Gasteiger charge is 2.42. The summed E-state index contributed by atoms with van der Waals surface area (Å²) in [7, 11) is 1.55. The minimum Gasteiger partial charge on any atom is -0.396 e. The lowest BCUT2D eigenvalue weighted by Gasteiger charge is -2.36.